The number of allylic oxidation sites excluding steroid dienone is 2. The molecule has 1 aliphatic heterocycles. The summed E-state index contributed by atoms with van der Waals surface area (Å²) in [6, 6.07) is 7.74. The zero-order valence-electron chi connectivity index (χ0n) is 15.6. The maximum Gasteiger partial charge on any atom is 0.320 e. The van der Waals surface area contributed by atoms with Gasteiger partial charge in [-0.25, -0.2) is 4.79 Å². The number of piperazine rings is 1. The van der Waals surface area contributed by atoms with Gasteiger partial charge in [0, 0.05) is 50.4 Å². The molecule has 5 nitrogen and oxygen atoms in total. The SMILES string of the molecule is COC1(NC(=O)N2CCN(c3cccc(Cl)c3)CC2)C=C(C)C(C)=CC1. The molecule has 0 aromatic heterocycles. The predicted octanol–water partition coefficient (Wildman–Crippen LogP) is 3.81. The van der Waals surface area contributed by atoms with Crippen LogP contribution in [0.25, 0.3) is 0 Å². The van der Waals surface area contributed by atoms with Crippen molar-refractivity contribution in [1.82, 2.24) is 10.2 Å². The molecule has 26 heavy (non-hydrogen) atoms. The van der Waals surface area contributed by atoms with Crippen LogP contribution in [0, 0.1) is 0 Å². The van der Waals surface area contributed by atoms with Crippen LogP contribution in [-0.4, -0.2) is 49.9 Å². The topological polar surface area (TPSA) is 44.8 Å². The largest absolute Gasteiger partial charge is 0.368 e. The van der Waals surface area contributed by atoms with E-state index in [-0.39, 0.29) is 6.03 Å². The number of hydrogen-bond donors (Lipinski definition) is 1. The average Bonchev–Trinajstić information content (AvgIpc) is 2.65. The third-order valence-electron chi connectivity index (χ3n) is 5.21. The summed E-state index contributed by atoms with van der Waals surface area (Å²) in [4.78, 5) is 16.9. The Morgan fingerprint density at radius 3 is 2.54 bits per heavy atom. The molecule has 1 saturated heterocycles. The van der Waals surface area contributed by atoms with Crippen LogP contribution >= 0.6 is 11.6 Å². The molecule has 1 N–H and O–H groups in total. The molecule has 140 valence electrons. The molecule has 0 radical (unpaired) electrons. The van der Waals surface area contributed by atoms with Crippen molar-refractivity contribution in [3.05, 3.63) is 52.6 Å². The van der Waals surface area contributed by atoms with Gasteiger partial charge in [-0.1, -0.05) is 29.3 Å². The van der Waals surface area contributed by atoms with Crippen molar-refractivity contribution >= 4 is 23.3 Å². The van der Waals surface area contributed by atoms with E-state index >= 15 is 0 Å². The van der Waals surface area contributed by atoms with Crippen molar-refractivity contribution in [3.8, 4) is 0 Å². The van der Waals surface area contributed by atoms with Gasteiger partial charge in [-0.05, 0) is 43.7 Å². The van der Waals surface area contributed by atoms with Gasteiger partial charge in [0.25, 0.3) is 0 Å². The number of urea groups is 1. The summed E-state index contributed by atoms with van der Waals surface area (Å²) in [5, 5.41) is 3.80. The Morgan fingerprint density at radius 1 is 1.19 bits per heavy atom. The lowest BCUT2D eigenvalue weighted by molar-refractivity contribution is 0.00873. The second kappa shape index (κ2) is 7.72. The Morgan fingerprint density at radius 2 is 1.92 bits per heavy atom. The molecule has 1 aromatic rings. The summed E-state index contributed by atoms with van der Waals surface area (Å²) in [7, 11) is 1.63. The van der Waals surface area contributed by atoms with E-state index in [4.69, 9.17) is 16.3 Å². The third kappa shape index (κ3) is 4.05. The van der Waals surface area contributed by atoms with Crippen molar-refractivity contribution in [3.63, 3.8) is 0 Å². The maximum absolute atomic E-state index is 12.8. The maximum atomic E-state index is 12.8. The van der Waals surface area contributed by atoms with Gasteiger partial charge < -0.3 is 19.9 Å². The van der Waals surface area contributed by atoms with E-state index in [1.54, 1.807) is 7.11 Å². The number of amides is 2. The molecule has 2 amide bonds. The minimum Gasteiger partial charge on any atom is -0.368 e. The number of hydrogen-bond acceptors (Lipinski definition) is 3. The molecule has 0 bridgehead atoms. The van der Waals surface area contributed by atoms with Crippen molar-refractivity contribution in [2.24, 2.45) is 0 Å². The summed E-state index contributed by atoms with van der Waals surface area (Å²) in [5.74, 6) is 0. The van der Waals surface area contributed by atoms with E-state index in [9.17, 15) is 4.79 Å². The van der Waals surface area contributed by atoms with E-state index in [2.05, 4.69) is 23.2 Å². The Kier molecular flexibility index (Phi) is 5.58. The first-order chi connectivity index (χ1) is 12.4. The normalized spacial score (nSPS) is 23.4. The van der Waals surface area contributed by atoms with E-state index in [0.29, 0.717) is 19.5 Å². The number of nitrogens with one attached hydrogen (secondary N) is 1. The number of benzene rings is 1. The average molecular weight is 376 g/mol. The zero-order chi connectivity index (χ0) is 18.7. The minimum atomic E-state index is -0.759. The molecule has 0 saturated carbocycles. The molecule has 1 aromatic carbocycles. The summed E-state index contributed by atoms with van der Waals surface area (Å²) in [6.07, 6.45) is 4.75. The highest BCUT2D eigenvalue weighted by atomic mass is 35.5. The molecule has 1 heterocycles. The van der Waals surface area contributed by atoms with Crippen molar-refractivity contribution < 1.29 is 9.53 Å². The van der Waals surface area contributed by atoms with Gasteiger partial charge in [0.1, 0.15) is 0 Å². The highest BCUT2D eigenvalue weighted by Crippen LogP contribution is 2.27. The molecule has 1 atom stereocenters. The smallest absolute Gasteiger partial charge is 0.320 e. The summed E-state index contributed by atoms with van der Waals surface area (Å²) in [5.41, 5.74) is 2.69. The number of ether oxygens (including phenoxy) is 1. The molecule has 2 aliphatic rings. The van der Waals surface area contributed by atoms with Crippen LogP contribution in [0.2, 0.25) is 5.02 Å². The number of carbonyl (C=O) groups excluding carboxylic acids is 1. The second-order valence-corrected chi connectivity index (χ2v) is 7.33. The lowest BCUT2D eigenvalue weighted by Gasteiger charge is -2.39. The molecule has 1 aliphatic carbocycles. The minimum absolute atomic E-state index is 0.0883. The Balaban J connectivity index is 1.60. The van der Waals surface area contributed by atoms with Crippen LogP contribution in [0.5, 0.6) is 0 Å². The fourth-order valence-corrected chi connectivity index (χ4v) is 3.55. The molecule has 0 spiro atoms. The molecular weight excluding hydrogens is 350 g/mol. The fourth-order valence-electron chi connectivity index (χ4n) is 3.37. The van der Waals surface area contributed by atoms with Crippen LogP contribution < -0.4 is 10.2 Å². The van der Waals surface area contributed by atoms with Crippen LogP contribution in [0.3, 0.4) is 0 Å². The molecule has 1 fully saturated rings. The van der Waals surface area contributed by atoms with Crippen LogP contribution in [0.15, 0.2) is 47.6 Å². The zero-order valence-corrected chi connectivity index (χ0v) is 16.3. The van der Waals surface area contributed by atoms with Crippen LogP contribution in [0.4, 0.5) is 10.5 Å². The number of rotatable bonds is 3. The van der Waals surface area contributed by atoms with Crippen molar-refractivity contribution in [2.75, 3.05) is 38.2 Å². The van der Waals surface area contributed by atoms with E-state index < -0.39 is 5.72 Å². The molecule has 1 unspecified atom stereocenters. The lowest BCUT2D eigenvalue weighted by atomic mass is 9.94. The fraction of sp³-hybridized carbons (Fsp3) is 0.450. The van der Waals surface area contributed by atoms with Gasteiger partial charge in [-0.15, -0.1) is 0 Å². The molecule has 6 heteroatoms. The summed E-state index contributed by atoms with van der Waals surface area (Å²) in [6.45, 7) is 6.99. The highest BCUT2D eigenvalue weighted by Gasteiger charge is 2.33. The van der Waals surface area contributed by atoms with Gasteiger partial charge in [0.2, 0.25) is 0 Å². The standard InChI is InChI=1S/C20H26ClN3O2/c1-15-7-8-20(26-3,14-16(15)2)22-19(25)24-11-9-23(10-12-24)18-6-4-5-17(21)13-18/h4-7,13-14H,8-12H2,1-3H3,(H,22,25). The molecular formula is C20H26ClN3O2. The number of nitrogens with zero attached hydrogens (tertiary/aromatic N) is 2. The summed E-state index contributed by atoms with van der Waals surface area (Å²) >= 11 is 6.08. The quantitative estimate of drug-likeness (QED) is 0.817. The van der Waals surface area contributed by atoms with Crippen LogP contribution in [-0.2, 0) is 4.74 Å². The Bertz CT molecular complexity index is 738. The number of carbonyl (C=O) groups is 1. The lowest BCUT2D eigenvalue weighted by Crippen LogP contribution is -2.58. The second-order valence-electron chi connectivity index (χ2n) is 6.90. The number of anilines is 1. The summed E-state index contributed by atoms with van der Waals surface area (Å²) < 4.78 is 5.66. The highest BCUT2D eigenvalue weighted by molar-refractivity contribution is 6.30. The van der Waals surface area contributed by atoms with Gasteiger partial charge in [0.05, 0.1) is 0 Å². The van der Waals surface area contributed by atoms with E-state index in [1.807, 2.05) is 42.2 Å². The predicted molar refractivity (Wildman–Crippen MR) is 106 cm³/mol. The van der Waals surface area contributed by atoms with Gasteiger partial charge >= 0.3 is 6.03 Å². The molecule has 3 rings (SSSR count). The monoisotopic (exact) mass is 375 g/mol. The third-order valence-corrected chi connectivity index (χ3v) is 5.44. The first kappa shape index (κ1) is 18.8. The Hall–Kier alpha value is -1.98. The van der Waals surface area contributed by atoms with Gasteiger partial charge in [-0.3, -0.25) is 0 Å². The van der Waals surface area contributed by atoms with E-state index in [0.717, 1.165) is 29.4 Å². The van der Waals surface area contributed by atoms with Crippen LogP contribution in [0.1, 0.15) is 20.3 Å². The first-order valence-electron chi connectivity index (χ1n) is 8.92. The Labute approximate surface area is 160 Å². The number of halogens is 1. The van der Waals surface area contributed by atoms with Gasteiger partial charge in [-0.2, -0.15) is 0 Å². The first-order valence-corrected chi connectivity index (χ1v) is 9.29. The van der Waals surface area contributed by atoms with Gasteiger partial charge in [0.15, 0.2) is 5.72 Å². The van der Waals surface area contributed by atoms with E-state index in [1.165, 1.54) is 5.57 Å². The van der Waals surface area contributed by atoms with Crippen molar-refractivity contribution in [1.29, 1.82) is 0 Å². The number of methoxy groups -OCH3 is 1. The van der Waals surface area contributed by atoms with Crippen molar-refractivity contribution in [2.45, 2.75) is 26.0 Å².